The largest absolute Gasteiger partial charge is 0.244 e. The lowest BCUT2D eigenvalue weighted by Gasteiger charge is -2.12. The zero-order valence-corrected chi connectivity index (χ0v) is 24.4. The predicted molar refractivity (Wildman–Crippen MR) is 176 cm³/mol. The molecule has 7 aromatic rings. The number of nitriles is 1. The second-order valence-electron chi connectivity index (χ2n) is 10.9. The van der Waals surface area contributed by atoms with E-state index in [1.54, 1.807) is 0 Å². The Morgan fingerprint density at radius 1 is 0.455 bits per heavy atom. The number of aryl methyl sites for hydroxylation is 2. The average Bonchev–Trinajstić information content (AvgIpc) is 3.08. The van der Waals surface area contributed by atoms with Crippen LogP contribution in [0.2, 0.25) is 0 Å². The Balaban J connectivity index is 1.33. The molecule has 0 saturated carbocycles. The van der Waals surface area contributed by atoms with Gasteiger partial charge >= 0.3 is 0 Å². The van der Waals surface area contributed by atoms with Gasteiger partial charge in [-0.05, 0) is 44.2 Å². The highest BCUT2D eigenvalue weighted by molar-refractivity contribution is 5.87. The Kier molecular flexibility index (Phi) is 6.94. The highest BCUT2D eigenvalue weighted by atomic mass is 14.9. The van der Waals surface area contributed by atoms with E-state index in [9.17, 15) is 5.26 Å². The molecule has 5 nitrogen and oxygen atoms in total. The summed E-state index contributed by atoms with van der Waals surface area (Å²) in [6.45, 7) is 4.16. The third-order valence-corrected chi connectivity index (χ3v) is 7.70. The van der Waals surface area contributed by atoms with Crippen molar-refractivity contribution in [2.24, 2.45) is 0 Å². The minimum Gasteiger partial charge on any atom is -0.244 e. The van der Waals surface area contributed by atoms with Gasteiger partial charge < -0.3 is 0 Å². The Bertz CT molecular complexity index is 2100. The number of benzene rings is 5. The van der Waals surface area contributed by atoms with Gasteiger partial charge in [-0.25, -0.2) is 19.9 Å². The van der Waals surface area contributed by atoms with Crippen LogP contribution in [0.1, 0.15) is 16.7 Å². The first-order valence-electron chi connectivity index (χ1n) is 14.5. The second kappa shape index (κ2) is 11.4. The Labute approximate surface area is 256 Å². The van der Waals surface area contributed by atoms with Crippen molar-refractivity contribution in [1.29, 1.82) is 5.26 Å². The molecule has 0 aliphatic heterocycles. The first kappa shape index (κ1) is 26.9. The summed E-state index contributed by atoms with van der Waals surface area (Å²) in [4.78, 5) is 20.0. The van der Waals surface area contributed by atoms with E-state index in [1.807, 2.05) is 48.5 Å². The average molecular weight is 566 g/mol. The molecule has 7 rings (SSSR count). The molecule has 2 aromatic heterocycles. The van der Waals surface area contributed by atoms with Gasteiger partial charge in [0, 0.05) is 27.8 Å². The van der Waals surface area contributed by atoms with Crippen LogP contribution >= 0.6 is 0 Å². The SMILES string of the molecule is Cc1ccc(-c2cc(-c3ccc(-c4nc5ccccc5nc4-c4ccc(C#N)cc4)cc3)nc(-c3ccc(C)cc3)n2)cc1. The van der Waals surface area contributed by atoms with Gasteiger partial charge in [-0.2, -0.15) is 5.26 Å². The van der Waals surface area contributed by atoms with Crippen molar-refractivity contribution in [3.05, 3.63) is 144 Å². The van der Waals surface area contributed by atoms with E-state index in [0.717, 1.165) is 61.6 Å². The fourth-order valence-electron chi connectivity index (χ4n) is 5.20. The smallest absolute Gasteiger partial charge is 0.160 e. The van der Waals surface area contributed by atoms with E-state index in [-0.39, 0.29) is 0 Å². The molecule has 0 bridgehead atoms. The van der Waals surface area contributed by atoms with Gasteiger partial charge in [0.15, 0.2) is 5.82 Å². The molecule has 0 aliphatic carbocycles. The van der Waals surface area contributed by atoms with Crippen LogP contribution in [0, 0.1) is 25.2 Å². The molecule has 208 valence electrons. The maximum absolute atomic E-state index is 9.29. The standard InChI is InChI=1S/C39H27N5/c1-25-7-13-28(14-8-25)35-23-36(44-39(43-35)32-15-9-26(2)10-16-32)29-19-21-31(22-20-29)38-37(30-17-11-27(24-40)12-18-30)41-33-5-3-4-6-34(33)42-38/h3-23H,1-2H3. The van der Waals surface area contributed by atoms with Crippen molar-refractivity contribution in [1.82, 2.24) is 19.9 Å². The van der Waals surface area contributed by atoms with Gasteiger partial charge in [0.05, 0.1) is 45.4 Å². The minimum atomic E-state index is 0.605. The van der Waals surface area contributed by atoms with Gasteiger partial charge in [0.25, 0.3) is 0 Å². The Morgan fingerprint density at radius 2 is 0.864 bits per heavy atom. The van der Waals surface area contributed by atoms with Crippen molar-refractivity contribution in [2.75, 3.05) is 0 Å². The van der Waals surface area contributed by atoms with Crippen LogP contribution in [0.4, 0.5) is 0 Å². The molecule has 0 atom stereocenters. The van der Waals surface area contributed by atoms with Crippen LogP contribution in [0.25, 0.3) is 67.5 Å². The number of hydrogen-bond acceptors (Lipinski definition) is 5. The molecule has 5 aromatic carbocycles. The number of hydrogen-bond donors (Lipinski definition) is 0. The molecule has 5 heteroatoms. The van der Waals surface area contributed by atoms with E-state index in [1.165, 1.54) is 11.1 Å². The van der Waals surface area contributed by atoms with Gasteiger partial charge in [-0.15, -0.1) is 0 Å². The molecule has 0 saturated heterocycles. The fraction of sp³-hybridized carbons (Fsp3) is 0.0513. The monoisotopic (exact) mass is 565 g/mol. The number of rotatable bonds is 5. The molecule has 0 radical (unpaired) electrons. The summed E-state index contributed by atoms with van der Waals surface area (Å²) in [5.74, 6) is 0.686. The zero-order chi connectivity index (χ0) is 30.0. The maximum atomic E-state index is 9.29. The van der Waals surface area contributed by atoms with Gasteiger partial charge in [-0.3, -0.25) is 0 Å². The molecular weight excluding hydrogens is 538 g/mol. The lowest BCUT2D eigenvalue weighted by Crippen LogP contribution is -1.97. The summed E-state index contributed by atoms with van der Waals surface area (Å²) in [5, 5.41) is 9.29. The van der Waals surface area contributed by atoms with Crippen LogP contribution in [-0.4, -0.2) is 19.9 Å². The van der Waals surface area contributed by atoms with Crippen molar-refractivity contribution < 1.29 is 0 Å². The normalized spacial score (nSPS) is 10.9. The fourth-order valence-corrected chi connectivity index (χ4v) is 5.20. The quantitative estimate of drug-likeness (QED) is 0.208. The molecule has 0 amide bonds. The van der Waals surface area contributed by atoms with E-state index in [2.05, 4.69) is 98.8 Å². The van der Waals surface area contributed by atoms with Crippen molar-refractivity contribution in [3.63, 3.8) is 0 Å². The van der Waals surface area contributed by atoms with E-state index < -0.39 is 0 Å². The van der Waals surface area contributed by atoms with Gasteiger partial charge in [-0.1, -0.05) is 108 Å². The molecule has 0 unspecified atom stereocenters. The number of aromatic nitrogens is 4. The Morgan fingerprint density at radius 3 is 1.34 bits per heavy atom. The lowest BCUT2D eigenvalue weighted by molar-refractivity contribution is 1.18. The summed E-state index contributed by atoms with van der Waals surface area (Å²) in [7, 11) is 0. The van der Waals surface area contributed by atoms with Crippen LogP contribution in [0.15, 0.2) is 127 Å². The third-order valence-electron chi connectivity index (χ3n) is 7.70. The van der Waals surface area contributed by atoms with E-state index in [0.29, 0.717) is 11.4 Å². The molecule has 44 heavy (non-hydrogen) atoms. The third kappa shape index (κ3) is 5.33. The van der Waals surface area contributed by atoms with Crippen LogP contribution in [-0.2, 0) is 0 Å². The first-order chi connectivity index (χ1) is 21.5. The van der Waals surface area contributed by atoms with E-state index >= 15 is 0 Å². The number of fused-ring (bicyclic) bond motifs is 1. The maximum Gasteiger partial charge on any atom is 0.160 e. The topological polar surface area (TPSA) is 75.3 Å². The molecule has 0 fully saturated rings. The number of para-hydroxylation sites is 2. The highest BCUT2D eigenvalue weighted by Gasteiger charge is 2.15. The summed E-state index contributed by atoms with van der Waals surface area (Å²) in [6, 6.07) is 44.6. The van der Waals surface area contributed by atoms with E-state index in [4.69, 9.17) is 19.9 Å². The second-order valence-corrected chi connectivity index (χ2v) is 10.9. The molecule has 0 spiro atoms. The summed E-state index contributed by atoms with van der Waals surface area (Å²) in [6.07, 6.45) is 0. The molecule has 0 aliphatic rings. The van der Waals surface area contributed by atoms with Crippen LogP contribution in [0.3, 0.4) is 0 Å². The van der Waals surface area contributed by atoms with Crippen molar-refractivity contribution in [3.8, 4) is 62.5 Å². The minimum absolute atomic E-state index is 0.605. The van der Waals surface area contributed by atoms with Gasteiger partial charge in [0.1, 0.15) is 0 Å². The lowest BCUT2D eigenvalue weighted by atomic mass is 10.00. The number of nitrogens with zero attached hydrogens (tertiary/aromatic N) is 5. The van der Waals surface area contributed by atoms with Crippen LogP contribution in [0.5, 0.6) is 0 Å². The summed E-state index contributed by atoms with van der Waals surface area (Å²) >= 11 is 0. The van der Waals surface area contributed by atoms with Crippen molar-refractivity contribution >= 4 is 11.0 Å². The zero-order valence-electron chi connectivity index (χ0n) is 24.4. The molecule has 2 heterocycles. The van der Waals surface area contributed by atoms with Gasteiger partial charge in [0.2, 0.25) is 0 Å². The van der Waals surface area contributed by atoms with Crippen LogP contribution < -0.4 is 0 Å². The summed E-state index contributed by atoms with van der Waals surface area (Å²) in [5.41, 5.74) is 12.8. The first-order valence-corrected chi connectivity index (χ1v) is 14.5. The highest BCUT2D eigenvalue weighted by Crippen LogP contribution is 2.33. The van der Waals surface area contributed by atoms with Crippen molar-refractivity contribution in [2.45, 2.75) is 13.8 Å². The Hall–Kier alpha value is -5.99. The molecular formula is C39H27N5. The molecule has 0 N–H and O–H groups in total. The predicted octanol–water partition coefficient (Wildman–Crippen LogP) is 9.24. The summed E-state index contributed by atoms with van der Waals surface area (Å²) < 4.78 is 0.